The van der Waals surface area contributed by atoms with E-state index in [9.17, 15) is 39.8 Å². The minimum atomic E-state index is -5.02. The van der Waals surface area contributed by atoms with Gasteiger partial charge >= 0.3 is 6.08 Å². The van der Waals surface area contributed by atoms with Crippen molar-refractivity contribution in [2.75, 3.05) is 11.1 Å². The van der Waals surface area contributed by atoms with E-state index in [1.54, 1.807) is 0 Å². The fourth-order valence-electron chi connectivity index (χ4n) is 3.25. The number of aromatic hydroxyl groups is 1. The smallest absolute Gasteiger partial charge is 0.313 e. The molecule has 4 aromatic rings. The van der Waals surface area contributed by atoms with Crippen LogP contribution in [-0.2, 0) is 20.2 Å². The maximum Gasteiger partial charge on any atom is 0.313 e. The topological polar surface area (TPSA) is 218 Å². The summed E-state index contributed by atoms with van der Waals surface area (Å²) in [6.07, 6.45) is -1.47. The zero-order chi connectivity index (χ0) is 28.0. The molecule has 0 aliphatic heterocycles. The number of nitrogens with one attached hydrogen (secondary N) is 1. The molecule has 1 aromatic heterocycles. The Morgan fingerprint density at radius 3 is 2.17 bits per heavy atom. The molecule has 0 spiro atoms. The van der Waals surface area contributed by atoms with E-state index in [-0.39, 0.29) is 81.3 Å². The van der Waals surface area contributed by atoms with E-state index >= 15 is 0 Å². The molecule has 200 valence electrons. The maximum atomic E-state index is 13.6. The van der Waals surface area contributed by atoms with Gasteiger partial charge in [0.25, 0.3) is 20.2 Å². The van der Waals surface area contributed by atoms with E-state index in [0.717, 1.165) is 24.3 Å². The number of halogens is 3. The summed E-state index contributed by atoms with van der Waals surface area (Å²) < 4.78 is 94.2. The number of nitrogens with two attached hydrogens (primary N) is 1. The van der Waals surface area contributed by atoms with Gasteiger partial charge in [0.2, 0.25) is 5.95 Å². The SMILES string of the molecule is Nc1ccc2cc(S(=O)(=O)O)c(N=Nc3ccc(Nc4nc(F)nc(F)c4Cl)cc3S(=O)(=O)O)c(O)c2c1.[Na].[Na]. The number of phenols is 1. The Labute approximate surface area is 274 Å². The Morgan fingerprint density at radius 1 is 0.900 bits per heavy atom. The Balaban J connectivity index is 0.00000280. The number of anilines is 3. The van der Waals surface area contributed by atoms with Gasteiger partial charge in [-0.1, -0.05) is 17.7 Å². The molecule has 0 atom stereocenters. The van der Waals surface area contributed by atoms with Gasteiger partial charge in [0.05, 0.1) is 0 Å². The van der Waals surface area contributed by atoms with Crippen molar-refractivity contribution in [3.63, 3.8) is 0 Å². The molecule has 20 heteroatoms. The van der Waals surface area contributed by atoms with Gasteiger partial charge in [-0.2, -0.15) is 35.6 Å². The third-order valence-corrected chi connectivity index (χ3v) is 6.98. The van der Waals surface area contributed by atoms with Gasteiger partial charge in [-0.05, 0) is 41.8 Å². The fraction of sp³-hybridized carbons (Fsp3) is 0. The first-order valence-corrected chi connectivity index (χ1v) is 13.1. The molecule has 13 nitrogen and oxygen atoms in total. The van der Waals surface area contributed by atoms with Gasteiger partial charge in [0, 0.05) is 75.9 Å². The average molecular weight is 633 g/mol. The molecule has 1 heterocycles. The van der Waals surface area contributed by atoms with Crippen molar-refractivity contribution in [1.82, 2.24) is 9.97 Å². The van der Waals surface area contributed by atoms with Crippen LogP contribution in [-0.4, -0.2) is 100 Å². The summed E-state index contributed by atoms with van der Waals surface area (Å²) in [4.78, 5) is 4.30. The summed E-state index contributed by atoms with van der Waals surface area (Å²) in [5, 5.41) is 19.7. The Kier molecular flexibility index (Phi) is 11.0. The average Bonchev–Trinajstić information content (AvgIpc) is 2.81. The minimum absolute atomic E-state index is 0. The second-order valence-corrected chi connectivity index (χ2v) is 10.6. The largest absolute Gasteiger partial charge is 0.505 e. The van der Waals surface area contributed by atoms with E-state index < -0.39 is 70.0 Å². The van der Waals surface area contributed by atoms with Crippen LogP contribution in [0.15, 0.2) is 62.5 Å². The molecule has 0 aliphatic carbocycles. The van der Waals surface area contributed by atoms with Gasteiger partial charge in [-0.3, -0.25) is 9.11 Å². The number of benzene rings is 3. The molecule has 4 rings (SSSR count). The van der Waals surface area contributed by atoms with Crippen LogP contribution in [0.4, 0.5) is 37.3 Å². The summed E-state index contributed by atoms with van der Waals surface area (Å²) >= 11 is 5.68. The molecule has 3 aromatic carbocycles. The summed E-state index contributed by atoms with van der Waals surface area (Å²) in [5.74, 6) is -2.71. The maximum absolute atomic E-state index is 13.6. The Bertz CT molecular complexity index is 1880. The van der Waals surface area contributed by atoms with Gasteiger partial charge in [-0.15, -0.1) is 10.2 Å². The summed E-state index contributed by atoms with van der Waals surface area (Å²) in [5.41, 5.74) is 4.41. The summed E-state index contributed by atoms with van der Waals surface area (Å²) in [6, 6.07) is 7.96. The standard InChI is InChI=1S/C20H13ClF2N6O7S2.2Na/c21-15-18(22)26-20(23)27-19(15)25-10-3-4-12(13(7-10)37(31,32)33)28-29-16-14(38(34,35)36)5-8-1-2-9(24)6-11(8)17(16)30;;/h1-7,30H,24H2,(H,25,26,27)(H,31,32,33)(H,34,35,36);;. The first-order valence-electron chi connectivity index (χ1n) is 9.86. The summed E-state index contributed by atoms with van der Waals surface area (Å²) in [7, 11) is -9.98. The number of rotatable bonds is 6. The molecule has 0 unspecified atom stereocenters. The molecule has 0 saturated heterocycles. The van der Waals surface area contributed by atoms with E-state index in [0.29, 0.717) is 0 Å². The van der Waals surface area contributed by atoms with Crippen molar-refractivity contribution in [2.24, 2.45) is 10.2 Å². The van der Waals surface area contributed by atoms with Crippen LogP contribution in [0.5, 0.6) is 5.75 Å². The molecule has 0 saturated carbocycles. The van der Waals surface area contributed by atoms with Crippen molar-refractivity contribution in [2.45, 2.75) is 9.79 Å². The zero-order valence-electron chi connectivity index (χ0n) is 20.3. The number of phenolic OH excluding ortho intramolecular Hbond substituents is 1. The number of nitrogen functional groups attached to an aromatic ring is 1. The molecular weight excluding hydrogens is 620 g/mol. The molecule has 6 N–H and O–H groups in total. The summed E-state index contributed by atoms with van der Waals surface area (Å²) in [6.45, 7) is 0. The second-order valence-electron chi connectivity index (χ2n) is 7.46. The molecule has 0 fully saturated rings. The molecule has 2 radical (unpaired) electrons. The number of hydrogen-bond donors (Lipinski definition) is 5. The predicted octanol–water partition coefficient (Wildman–Crippen LogP) is 3.74. The number of azo groups is 1. The second kappa shape index (κ2) is 12.9. The van der Waals surface area contributed by atoms with Crippen LogP contribution in [0, 0.1) is 12.0 Å². The molecule has 0 amide bonds. The molecule has 0 aliphatic rings. The number of fused-ring (bicyclic) bond motifs is 1. The van der Waals surface area contributed by atoms with Crippen LogP contribution < -0.4 is 11.1 Å². The first kappa shape index (κ1) is 34.2. The van der Waals surface area contributed by atoms with Crippen LogP contribution in [0.3, 0.4) is 0 Å². The molecular formula is C20H13ClF2N6Na2O7S2. The molecule has 0 bridgehead atoms. The fourth-order valence-corrected chi connectivity index (χ4v) is 4.69. The van der Waals surface area contributed by atoms with Crippen molar-refractivity contribution >= 4 is 130 Å². The van der Waals surface area contributed by atoms with Crippen molar-refractivity contribution in [1.29, 1.82) is 0 Å². The van der Waals surface area contributed by atoms with Gasteiger partial charge in [0.1, 0.15) is 26.2 Å². The monoisotopic (exact) mass is 632 g/mol. The van der Waals surface area contributed by atoms with Crippen LogP contribution in [0.1, 0.15) is 0 Å². The quantitative estimate of drug-likeness (QED) is 0.0515. The van der Waals surface area contributed by atoms with Gasteiger partial charge in [0.15, 0.2) is 11.6 Å². The van der Waals surface area contributed by atoms with Crippen LogP contribution in [0.25, 0.3) is 10.8 Å². The Hall–Kier alpha value is -2.03. The van der Waals surface area contributed by atoms with Crippen molar-refractivity contribution in [3.8, 4) is 5.75 Å². The first-order chi connectivity index (χ1) is 17.6. The zero-order valence-corrected chi connectivity index (χ0v) is 26.7. The van der Waals surface area contributed by atoms with Crippen LogP contribution >= 0.6 is 11.6 Å². The van der Waals surface area contributed by atoms with E-state index in [1.165, 1.54) is 18.2 Å². The van der Waals surface area contributed by atoms with Crippen LogP contribution in [0.2, 0.25) is 5.02 Å². The number of nitrogens with zero attached hydrogens (tertiary/aromatic N) is 4. The van der Waals surface area contributed by atoms with E-state index in [2.05, 4.69) is 25.5 Å². The van der Waals surface area contributed by atoms with E-state index in [1.807, 2.05) is 0 Å². The van der Waals surface area contributed by atoms with Crippen molar-refractivity contribution < 1.29 is 39.8 Å². The van der Waals surface area contributed by atoms with Crippen molar-refractivity contribution in [3.05, 3.63) is 59.5 Å². The van der Waals surface area contributed by atoms with Gasteiger partial charge < -0.3 is 16.2 Å². The molecule has 40 heavy (non-hydrogen) atoms. The third-order valence-electron chi connectivity index (χ3n) is 4.90. The normalized spacial score (nSPS) is 11.7. The number of aromatic nitrogens is 2. The predicted molar refractivity (Wildman–Crippen MR) is 142 cm³/mol. The minimum Gasteiger partial charge on any atom is -0.505 e. The van der Waals surface area contributed by atoms with Gasteiger partial charge in [-0.25, -0.2) is 0 Å². The third kappa shape index (κ3) is 7.42. The van der Waals surface area contributed by atoms with E-state index in [4.69, 9.17) is 17.3 Å². The Morgan fingerprint density at radius 2 is 1.55 bits per heavy atom. The number of hydrogen-bond acceptors (Lipinski definition) is 11.